The molecular weight excluding hydrogens is 623 g/mol. The molecule has 3 heteroatoms. The zero-order valence-corrected chi connectivity index (χ0v) is 27.7. The summed E-state index contributed by atoms with van der Waals surface area (Å²) in [4.78, 5) is 2.35. The molecule has 0 bridgehead atoms. The van der Waals surface area contributed by atoms with Crippen LogP contribution >= 0.6 is 0 Å². The molecule has 0 unspecified atom stereocenters. The molecule has 0 N–H and O–H groups in total. The third kappa shape index (κ3) is 4.98. The molecular formula is C48H31NO2. The molecule has 0 atom stereocenters. The Hall–Kier alpha value is -6.84. The minimum absolute atomic E-state index is 0.864. The van der Waals surface area contributed by atoms with Crippen LogP contribution in [0.15, 0.2) is 197 Å². The molecule has 0 aliphatic carbocycles. The molecule has 10 aromatic rings. The first-order valence-corrected chi connectivity index (χ1v) is 17.3. The number of benzene rings is 8. The smallest absolute Gasteiger partial charge is 0.145 e. The van der Waals surface area contributed by atoms with E-state index in [4.69, 9.17) is 8.83 Å². The van der Waals surface area contributed by atoms with Gasteiger partial charge in [0.25, 0.3) is 0 Å². The van der Waals surface area contributed by atoms with Crippen molar-refractivity contribution in [3.63, 3.8) is 0 Å². The van der Waals surface area contributed by atoms with Gasteiger partial charge in [0.05, 0.1) is 11.1 Å². The number of para-hydroxylation sites is 2. The van der Waals surface area contributed by atoms with Gasteiger partial charge in [-0.1, -0.05) is 133 Å². The van der Waals surface area contributed by atoms with E-state index in [1.807, 2.05) is 24.3 Å². The predicted molar refractivity (Wildman–Crippen MR) is 212 cm³/mol. The highest BCUT2D eigenvalue weighted by Crippen LogP contribution is 2.47. The number of nitrogens with zero attached hydrogens (tertiary/aromatic N) is 1. The van der Waals surface area contributed by atoms with E-state index in [0.717, 1.165) is 77.6 Å². The Bertz CT molecular complexity index is 2830. The molecule has 0 spiro atoms. The summed E-state index contributed by atoms with van der Waals surface area (Å²) in [5.41, 5.74) is 13.6. The largest absolute Gasteiger partial charge is 0.456 e. The highest BCUT2D eigenvalue weighted by molar-refractivity contribution is 6.17. The van der Waals surface area contributed by atoms with E-state index < -0.39 is 0 Å². The Morgan fingerprint density at radius 3 is 1.53 bits per heavy atom. The number of anilines is 3. The quantitative estimate of drug-likeness (QED) is 0.179. The standard InChI is InChI=1S/C48H31NO2/c1-3-11-32(12-4-1)33-19-21-34(22-20-33)35-23-25-37(26-24-35)49(38-27-30-46-42(31-38)40-15-7-9-17-44(40)50-46)43-29-28-39(36-13-5-2-6-14-36)48-47(43)41-16-8-10-18-45(41)51-48/h1-31H. The van der Waals surface area contributed by atoms with E-state index in [2.05, 4.69) is 169 Å². The topological polar surface area (TPSA) is 29.5 Å². The third-order valence-electron chi connectivity index (χ3n) is 9.90. The monoisotopic (exact) mass is 653 g/mol. The fraction of sp³-hybridized carbons (Fsp3) is 0. The normalized spacial score (nSPS) is 11.5. The van der Waals surface area contributed by atoms with E-state index in [-0.39, 0.29) is 0 Å². The predicted octanol–water partition coefficient (Wildman–Crippen LogP) is 14.0. The van der Waals surface area contributed by atoms with Gasteiger partial charge < -0.3 is 13.7 Å². The fourth-order valence-corrected chi connectivity index (χ4v) is 7.41. The van der Waals surface area contributed by atoms with Crippen molar-refractivity contribution in [1.82, 2.24) is 0 Å². The molecule has 51 heavy (non-hydrogen) atoms. The highest BCUT2D eigenvalue weighted by Gasteiger charge is 2.23. The van der Waals surface area contributed by atoms with Crippen molar-refractivity contribution in [2.24, 2.45) is 0 Å². The second-order valence-electron chi connectivity index (χ2n) is 12.9. The van der Waals surface area contributed by atoms with Gasteiger partial charge in [-0.25, -0.2) is 0 Å². The van der Waals surface area contributed by atoms with Gasteiger partial charge in [-0.2, -0.15) is 0 Å². The average molecular weight is 654 g/mol. The Balaban J connectivity index is 1.16. The van der Waals surface area contributed by atoms with Crippen LogP contribution in [0, 0.1) is 0 Å². The van der Waals surface area contributed by atoms with E-state index in [0.29, 0.717) is 0 Å². The summed E-state index contributed by atoms with van der Waals surface area (Å²) >= 11 is 0. The van der Waals surface area contributed by atoms with Crippen molar-refractivity contribution in [2.75, 3.05) is 4.90 Å². The molecule has 0 radical (unpaired) electrons. The van der Waals surface area contributed by atoms with Crippen LogP contribution in [-0.4, -0.2) is 0 Å². The molecule has 3 nitrogen and oxygen atoms in total. The zero-order chi connectivity index (χ0) is 33.7. The van der Waals surface area contributed by atoms with Crippen LogP contribution in [0.3, 0.4) is 0 Å². The second-order valence-corrected chi connectivity index (χ2v) is 12.9. The van der Waals surface area contributed by atoms with Crippen molar-refractivity contribution in [2.45, 2.75) is 0 Å². The summed E-state index contributed by atoms with van der Waals surface area (Å²) in [6, 6.07) is 66.2. The van der Waals surface area contributed by atoms with Crippen LogP contribution in [0.2, 0.25) is 0 Å². The fourth-order valence-electron chi connectivity index (χ4n) is 7.41. The lowest BCUT2D eigenvalue weighted by Crippen LogP contribution is -2.10. The summed E-state index contributed by atoms with van der Waals surface area (Å²) in [6.45, 7) is 0. The van der Waals surface area contributed by atoms with E-state index in [1.54, 1.807) is 0 Å². The Morgan fingerprint density at radius 1 is 0.333 bits per heavy atom. The van der Waals surface area contributed by atoms with Crippen LogP contribution in [0.5, 0.6) is 0 Å². The molecule has 240 valence electrons. The number of hydrogen-bond donors (Lipinski definition) is 0. The van der Waals surface area contributed by atoms with E-state index in [1.165, 1.54) is 16.7 Å². The molecule has 2 heterocycles. The van der Waals surface area contributed by atoms with Gasteiger partial charge in [0.1, 0.15) is 22.3 Å². The lowest BCUT2D eigenvalue weighted by molar-refractivity contribution is 0.669. The van der Waals surface area contributed by atoms with Gasteiger partial charge in [0, 0.05) is 33.1 Å². The van der Waals surface area contributed by atoms with E-state index >= 15 is 0 Å². The maximum atomic E-state index is 6.69. The van der Waals surface area contributed by atoms with Crippen LogP contribution in [0.1, 0.15) is 0 Å². The van der Waals surface area contributed by atoms with Gasteiger partial charge in [-0.05, 0) is 82.4 Å². The molecule has 10 rings (SSSR count). The maximum Gasteiger partial charge on any atom is 0.145 e. The minimum Gasteiger partial charge on any atom is -0.456 e. The summed E-state index contributed by atoms with van der Waals surface area (Å²) < 4.78 is 12.9. The van der Waals surface area contributed by atoms with Crippen molar-refractivity contribution >= 4 is 60.9 Å². The molecule has 2 aromatic heterocycles. The van der Waals surface area contributed by atoms with Crippen LogP contribution in [0.4, 0.5) is 17.1 Å². The van der Waals surface area contributed by atoms with Crippen LogP contribution in [-0.2, 0) is 0 Å². The van der Waals surface area contributed by atoms with Gasteiger partial charge in [-0.15, -0.1) is 0 Å². The average Bonchev–Trinajstić information content (AvgIpc) is 3.78. The second kappa shape index (κ2) is 11.9. The van der Waals surface area contributed by atoms with E-state index in [9.17, 15) is 0 Å². The van der Waals surface area contributed by atoms with Crippen molar-refractivity contribution < 1.29 is 8.83 Å². The Kier molecular flexibility index (Phi) is 6.81. The SMILES string of the molecule is c1ccc(-c2ccc(-c3ccc(N(c4ccc5oc6ccccc6c5c4)c4ccc(-c5ccccc5)c5oc6ccccc6c45)cc3)cc2)cc1. The third-order valence-corrected chi connectivity index (χ3v) is 9.90. The van der Waals surface area contributed by atoms with Gasteiger partial charge >= 0.3 is 0 Å². The summed E-state index contributed by atoms with van der Waals surface area (Å²) in [5, 5.41) is 4.33. The number of fused-ring (bicyclic) bond motifs is 6. The Morgan fingerprint density at radius 2 is 0.843 bits per heavy atom. The molecule has 0 fully saturated rings. The number of rotatable bonds is 6. The van der Waals surface area contributed by atoms with Crippen molar-refractivity contribution in [3.8, 4) is 33.4 Å². The first-order chi connectivity index (χ1) is 25.3. The van der Waals surface area contributed by atoms with Crippen molar-refractivity contribution in [3.05, 3.63) is 188 Å². The molecule has 0 saturated carbocycles. The molecule has 0 amide bonds. The van der Waals surface area contributed by atoms with Gasteiger partial charge in [0.15, 0.2) is 0 Å². The highest BCUT2D eigenvalue weighted by atomic mass is 16.3. The molecule has 0 aliphatic heterocycles. The van der Waals surface area contributed by atoms with Crippen molar-refractivity contribution in [1.29, 1.82) is 0 Å². The number of hydrogen-bond acceptors (Lipinski definition) is 3. The summed E-state index contributed by atoms with van der Waals surface area (Å²) in [5.74, 6) is 0. The summed E-state index contributed by atoms with van der Waals surface area (Å²) in [6.07, 6.45) is 0. The first-order valence-electron chi connectivity index (χ1n) is 17.3. The van der Waals surface area contributed by atoms with Gasteiger partial charge in [0.2, 0.25) is 0 Å². The van der Waals surface area contributed by atoms with Gasteiger partial charge in [-0.3, -0.25) is 0 Å². The number of furan rings is 2. The maximum absolute atomic E-state index is 6.69. The van der Waals surface area contributed by atoms with Crippen LogP contribution in [0.25, 0.3) is 77.3 Å². The zero-order valence-electron chi connectivity index (χ0n) is 27.7. The Labute approximate surface area is 295 Å². The van der Waals surface area contributed by atoms with Crippen LogP contribution < -0.4 is 4.90 Å². The minimum atomic E-state index is 0.864. The first kappa shape index (κ1) is 29.1. The summed E-state index contributed by atoms with van der Waals surface area (Å²) in [7, 11) is 0. The molecule has 0 saturated heterocycles. The lowest BCUT2D eigenvalue weighted by atomic mass is 9.99. The molecule has 0 aliphatic rings. The lowest BCUT2D eigenvalue weighted by Gasteiger charge is -2.27. The molecule has 8 aromatic carbocycles.